The van der Waals surface area contributed by atoms with E-state index in [4.69, 9.17) is 4.42 Å². The molecule has 1 amide bonds. The van der Waals surface area contributed by atoms with Crippen molar-refractivity contribution in [3.63, 3.8) is 0 Å². The SMILES string of the molecule is C[C@H]1CCCC[C@@H]1N1C(=O)/C(=C/c2ccc(-c3ccc(F)cc3)o2)SC1Nc1ccccc1. The van der Waals surface area contributed by atoms with Gasteiger partial charge in [0.15, 0.2) is 5.50 Å². The highest BCUT2D eigenvalue weighted by atomic mass is 32.2. The molecule has 0 bridgehead atoms. The average Bonchev–Trinajstić information content (AvgIpc) is 3.40. The lowest BCUT2D eigenvalue weighted by Gasteiger charge is -2.39. The van der Waals surface area contributed by atoms with Crippen LogP contribution >= 0.6 is 11.8 Å². The number of carbonyl (C=O) groups is 1. The molecule has 1 aliphatic heterocycles. The number of anilines is 1. The minimum atomic E-state index is -0.283. The molecule has 2 aliphatic rings. The highest BCUT2D eigenvalue weighted by Crippen LogP contribution is 2.42. The minimum Gasteiger partial charge on any atom is -0.457 e. The normalized spacial score (nSPS) is 24.4. The Balaban J connectivity index is 1.42. The van der Waals surface area contributed by atoms with Gasteiger partial charge in [-0.25, -0.2) is 4.39 Å². The van der Waals surface area contributed by atoms with Crippen LogP contribution in [-0.2, 0) is 4.79 Å². The van der Waals surface area contributed by atoms with Crippen LogP contribution in [0.2, 0.25) is 0 Å². The summed E-state index contributed by atoms with van der Waals surface area (Å²) in [4.78, 5) is 16.3. The van der Waals surface area contributed by atoms with Crippen LogP contribution in [0.5, 0.6) is 0 Å². The Morgan fingerprint density at radius 3 is 2.55 bits per heavy atom. The number of thioether (sulfide) groups is 1. The first-order chi connectivity index (χ1) is 16.1. The Morgan fingerprint density at radius 2 is 1.79 bits per heavy atom. The van der Waals surface area contributed by atoms with Crippen LogP contribution in [0.25, 0.3) is 17.4 Å². The molecule has 0 spiro atoms. The number of hydrogen-bond donors (Lipinski definition) is 1. The molecule has 170 valence electrons. The molecule has 5 rings (SSSR count). The number of benzene rings is 2. The Morgan fingerprint density at radius 1 is 1.03 bits per heavy atom. The summed E-state index contributed by atoms with van der Waals surface area (Å²) in [5, 5.41) is 3.55. The van der Waals surface area contributed by atoms with Crippen LogP contribution in [0.4, 0.5) is 10.1 Å². The van der Waals surface area contributed by atoms with Crippen molar-refractivity contribution >= 4 is 29.4 Å². The second-order valence-electron chi connectivity index (χ2n) is 8.74. The van der Waals surface area contributed by atoms with Crippen molar-refractivity contribution in [1.82, 2.24) is 4.90 Å². The molecular formula is C27H27FN2O2S. The van der Waals surface area contributed by atoms with Gasteiger partial charge in [0.1, 0.15) is 17.3 Å². The van der Waals surface area contributed by atoms with Gasteiger partial charge in [0.25, 0.3) is 5.91 Å². The fraction of sp³-hybridized carbons (Fsp3) is 0.296. The molecule has 1 saturated carbocycles. The number of carbonyl (C=O) groups excluding carboxylic acids is 1. The molecule has 1 aliphatic carbocycles. The molecule has 1 unspecified atom stereocenters. The molecule has 6 heteroatoms. The van der Waals surface area contributed by atoms with Crippen molar-refractivity contribution in [3.05, 3.63) is 83.2 Å². The summed E-state index contributed by atoms with van der Waals surface area (Å²) >= 11 is 1.54. The molecule has 0 radical (unpaired) electrons. The van der Waals surface area contributed by atoms with Gasteiger partial charge < -0.3 is 14.6 Å². The molecule has 4 nitrogen and oxygen atoms in total. The lowest BCUT2D eigenvalue weighted by molar-refractivity contribution is -0.129. The highest BCUT2D eigenvalue weighted by molar-refractivity contribution is 8.05. The first-order valence-electron chi connectivity index (χ1n) is 11.5. The first kappa shape index (κ1) is 21.8. The zero-order valence-electron chi connectivity index (χ0n) is 18.5. The zero-order valence-corrected chi connectivity index (χ0v) is 19.4. The summed E-state index contributed by atoms with van der Waals surface area (Å²) in [7, 11) is 0. The molecule has 1 N–H and O–H groups in total. The molecule has 33 heavy (non-hydrogen) atoms. The molecule has 2 heterocycles. The third-order valence-electron chi connectivity index (χ3n) is 6.45. The van der Waals surface area contributed by atoms with E-state index in [1.165, 1.54) is 30.3 Å². The third kappa shape index (κ3) is 4.71. The van der Waals surface area contributed by atoms with Gasteiger partial charge in [-0.05, 0) is 67.3 Å². The van der Waals surface area contributed by atoms with Crippen LogP contribution in [0, 0.1) is 11.7 Å². The Bertz CT molecular complexity index is 1140. The van der Waals surface area contributed by atoms with E-state index >= 15 is 0 Å². The van der Waals surface area contributed by atoms with Gasteiger partial charge in [-0.1, -0.05) is 49.7 Å². The summed E-state index contributed by atoms with van der Waals surface area (Å²) in [6, 6.07) is 20.1. The van der Waals surface area contributed by atoms with Crippen LogP contribution in [0.15, 0.2) is 76.1 Å². The fourth-order valence-corrected chi connectivity index (χ4v) is 5.89. The Hall–Kier alpha value is -2.99. The van der Waals surface area contributed by atoms with Gasteiger partial charge in [-0.3, -0.25) is 4.79 Å². The monoisotopic (exact) mass is 462 g/mol. The lowest BCUT2D eigenvalue weighted by Crippen LogP contribution is -2.48. The number of furan rings is 1. The van der Waals surface area contributed by atoms with E-state index < -0.39 is 0 Å². The fourth-order valence-electron chi connectivity index (χ4n) is 4.70. The van der Waals surface area contributed by atoms with Crippen LogP contribution in [0.3, 0.4) is 0 Å². The molecular weight excluding hydrogens is 435 g/mol. The molecule has 2 fully saturated rings. The number of hydrogen-bond acceptors (Lipinski definition) is 4. The van der Waals surface area contributed by atoms with E-state index in [2.05, 4.69) is 12.2 Å². The molecule has 1 saturated heterocycles. The number of rotatable bonds is 5. The van der Waals surface area contributed by atoms with Crippen molar-refractivity contribution in [2.45, 2.75) is 44.1 Å². The number of para-hydroxylation sites is 1. The summed E-state index contributed by atoms with van der Waals surface area (Å²) in [5.41, 5.74) is 1.63. The van der Waals surface area contributed by atoms with Gasteiger partial charge >= 0.3 is 0 Å². The maximum Gasteiger partial charge on any atom is 0.263 e. The number of nitrogens with zero attached hydrogens (tertiary/aromatic N) is 1. The third-order valence-corrected chi connectivity index (χ3v) is 7.57. The van der Waals surface area contributed by atoms with Crippen LogP contribution in [-0.4, -0.2) is 22.3 Å². The molecule has 2 aromatic carbocycles. The molecule has 3 atom stereocenters. The van der Waals surface area contributed by atoms with Crippen molar-refractivity contribution in [2.24, 2.45) is 5.92 Å². The second-order valence-corrected chi connectivity index (χ2v) is 9.86. The number of amides is 1. The summed E-state index contributed by atoms with van der Waals surface area (Å²) in [6.07, 6.45) is 6.39. The Labute approximate surface area is 197 Å². The van der Waals surface area contributed by atoms with Crippen molar-refractivity contribution < 1.29 is 13.6 Å². The second kappa shape index (κ2) is 9.48. The highest BCUT2D eigenvalue weighted by Gasteiger charge is 2.43. The van der Waals surface area contributed by atoms with Crippen molar-refractivity contribution in [2.75, 3.05) is 5.32 Å². The maximum atomic E-state index is 13.6. The summed E-state index contributed by atoms with van der Waals surface area (Å²) < 4.78 is 19.2. The van der Waals surface area contributed by atoms with E-state index in [0.29, 0.717) is 22.3 Å². The number of nitrogens with one attached hydrogen (secondary N) is 1. The van der Waals surface area contributed by atoms with Crippen molar-refractivity contribution in [1.29, 1.82) is 0 Å². The van der Waals surface area contributed by atoms with Gasteiger partial charge in [0.2, 0.25) is 0 Å². The van der Waals surface area contributed by atoms with E-state index in [0.717, 1.165) is 30.5 Å². The van der Waals surface area contributed by atoms with E-state index in [1.54, 1.807) is 12.1 Å². The topological polar surface area (TPSA) is 45.5 Å². The average molecular weight is 463 g/mol. The predicted octanol–water partition coefficient (Wildman–Crippen LogP) is 6.98. The van der Waals surface area contributed by atoms with E-state index in [9.17, 15) is 9.18 Å². The summed E-state index contributed by atoms with van der Waals surface area (Å²) in [5.74, 6) is 1.49. The van der Waals surface area contributed by atoms with Gasteiger partial charge in [0.05, 0.1) is 4.91 Å². The quantitative estimate of drug-likeness (QED) is 0.416. The standard InChI is InChI=1S/C27H27FN2O2S/c1-18-7-5-6-10-23(18)30-26(31)25(33-27(30)29-21-8-3-2-4-9-21)17-22-15-16-24(32-22)19-11-13-20(28)14-12-19/h2-4,8-9,11-18,23,27,29H,5-7,10H2,1H3/b25-17-/t18-,23-,27?/m0/s1. The van der Waals surface area contributed by atoms with Crippen molar-refractivity contribution in [3.8, 4) is 11.3 Å². The summed E-state index contributed by atoms with van der Waals surface area (Å²) in [6.45, 7) is 2.25. The predicted molar refractivity (Wildman–Crippen MR) is 132 cm³/mol. The van der Waals surface area contributed by atoms with E-state index in [1.807, 2.05) is 53.4 Å². The van der Waals surface area contributed by atoms with Crippen LogP contribution < -0.4 is 5.32 Å². The smallest absolute Gasteiger partial charge is 0.263 e. The minimum absolute atomic E-state index is 0.0481. The maximum absolute atomic E-state index is 13.6. The molecule has 3 aromatic rings. The number of halogens is 1. The lowest BCUT2D eigenvalue weighted by atomic mass is 9.85. The van der Waals surface area contributed by atoms with Gasteiger partial charge in [-0.2, -0.15) is 0 Å². The first-order valence-corrected chi connectivity index (χ1v) is 12.3. The van der Waals surface area contributed by atoms with E-state index in [-0.39, 0.29) is 23.3 Å². The largest absolute Gasteiger partial charge is 0.457 e. The Kier molecular flexibility index (Phi) is 6.27. The van der Waals surface area contributed by atoms with Gasteiger partial charge in [-0.15, -0.1) is 0 Å². The van der Waals surface area contributed by atoms with Crippen LogP contribution in [0.1, 0.15) is 38.4 Å². The zero-order chi connectivity index (χ0) is 22.8. The molecule has 1 aromatic heterocycles. The van der Waals surface area contributed by atoms with Gasteiger partial charge in [0, 0.05) is 23.4 Å².